The molecule has 3 heteroatoms. The van der Waals surface area contributed by atoms with Gasteiger partial charge in [0.25, 0.3) is 0 Å². The van der Waals surface area contributed by atoms with Gasteiger partial charge in [-0.1, -0.05) is 11.6 Å². The van der Waals surface area contributed by atoms with Gasteiger partial charge in [-0.25, -0.2) is 0 Å². The first-order chi connectivity index (χ1) is 6.76. The number of rotatable bonds is 2. The highest BCUT2D eigenvalue weighted by atomic mass is 16.5. The first kappa shape index (κ1) is 9.09. The van der Waals surface area contributed by atoms with Crippen LogP contribution in [0.15, 0.2) is 22.6 Å². The van der Waals surface area contributed by atoms with E-state index in [1.165, 1.54) is 5.56 Å². The molecular formula is C11H13NO2. The molecule has 0 spiro atoms. The fraction of sp³-hybridized carbons (Fsp3) is 0.273. The topological polar surface area (TPSA) is 48.4 Å². The van der Waals surface area contributed by atoms with Crippen LogP contribution in [0.1, 0.15) is 11.3 Å². The van der Waals surface area contributed by atoms with Crippen LogP contribution >= 0.6 is 0 Å². The van der Waals surface area contributed by atoms with Crippen LogP contribution in [0.4, 0.5) is 0 Å². The van der Waals surface area contributed by atoms with E-state index in [0.717, 1.165) is 16.7 Å². The number of furan rings is 1. The van der Waals surface area contributed by atoms with Gasteiger partial charge in [0.2, 0.25) is 0 Å². The molecule has 0 aliphatic carbocycles. The van der Waals surface area contributed by atoms with Crippen LogP contribution in [0.2, 0.25) is 0 Å². The number of hydrogen-bond acceptors (Lipinski definition) is 3. The molecule has 0 fully saturated rings. The predicted molar refractivity (Wildman–Crippen MR) is 55.4 cm³/mol. The van der Waals surface area contributed by atoms with Gasteiger partial charge >= 0.3 is 0 Å². The SMILES string of the molecule is COc1c(CN)oc2ccc(C)cc12. The third-order valence-electron chi connectivity index (χ3n) is 2.26. The molecule has 0 aliphatic rings. The second-order valence-electron chi connectivity index (χ2n) is 3.26. The summed E-state index contributed by atoms with van der Waals surface area (Å²) in [6.45, 7) is 2.39. The van der Waals surface area contributed by atoms with E-state index in [9.17, 15) is 0 Å². The van der Waals surface area contributed by atoms with Gasteiger partial charge in [0.1, 0.15) is 5.58 Å². The lowest BCUT2D eigenvalue weighted by Crippen LogP contribution is -1.96. The van der Waals surface area contributed by atoms with Gasteiger partial charge in [-0.05, 0) is 19.1 Å². The van der Waals surface area contributed by atoms with Crippen LogP contribution in [0.5, 0.6) is 5.75 Å². The molecule has 0 saturated carbocycles. The van der Waals surface area contributed by atoms with E-state index in [-0.39, 0.29) is 0 Å². The average Bonchev–Trinajstić information content (AvgIpc) is 2.54. The van der Waals surface area contributed by atoms with Crippen molar-refractivity contribution in [1.29, 1.82) is 0 Å². The maximum absolute atomic E-state index is 5.55. The second kappa shape index (κ2) is 3.35. The van der Waals surface area contributed by atoms with E-state index in [1.54, 1.807) is 7.11 Å². The maximum atomic E-state index is 5.55. The smallest absolute Gasteiger partial charge is 0.169 e. The first-order valence-electron chi connectivity index (χ1n) is 4.52. The molecule has 1 aromatic carbocycles. The Kier molecular flexibility index (Phi) is 2.17. The van der Waals surface area contributed by atoms with E-state index in [2.05, 4.69) is 0 Å². The first-order valence-corrected chi connectivity index (χ1v) is 4.52. The Labute approximate surface area is 82.5 Å². The van der Waals surface area contributed by atoms with Crippen molar-refractivity contribution in [2.24, 2.45) is 5.73 Å². The summed E-state index contributed by atoms with van der Waals surface area (Å²) < 4.78 is 10.8. The van der Waals surface area contributed by atoms with Gasteiger partial charge in [0, 0.05) is 0 Å². The molecule has 2 rings (SSSR count). The number of aryl methyl sites for hydroxylation is 1. The number of nitrogens with two attached hydrogens (primary N) is 1. The van der Waals surface area contributed by atoms with E-state index in [4.69, 9.17) is 14.9 Å². The molecule has 2 aromatic rings. The van der Waals surface area contributed by atoms with E-state index < -0.39 is 0 Å². The van der Waals surface area contributed by atoms with Gasteiger partial charge in [-0.2, -0.15) is 0 Å². The van der Waals surface area contributed by atoms with Gasteiger partial charge in [0.15, 0.2) is 11.5 Å². The minimum Gasteiger partial charge on any atom is -0.492 e. The Hall–Kier alpha value is -1.48. The molecule has 14 heavy (non-hydrogen) atoms. The summed E-state index contributed by atoms with van der Waals surface area (Å²) in [6.07, 6.45) is 0. The van der Waals surface area contributed by atoms with Crippen molar-refractivity contribution in [3.05, 3.63) is 29.5 Å². The third-order valence-corrected chi connectivity index (χ3v) is 2.26. The van der Waals surface area contributed by atoms with E-state index in [0.29, 0.717) is 12.3 Å². The largest absolute Gasteiger partial charge is 0.492 e. The lowest BCUT2D eigenvalue weighted by Gasteiger charge is -1.98. The van der Waals surface area contributed by atoms with Crippen LogP contribution in [0.3, 0.4) is 0 Å². The standard InChI is InChI=1S/C11H13NO2/c1-7-3-4-9-8(5-7)11(13-2)10(6-12)14-9/h3-5H,6,12H2,1-2H3. The van der Waals surface area contributed by atoms with Crippen molar-refractivity contribution in [1.82, 2.24) is 0 Å². The number of hydrogen-bond donors (Lipinski definition) is 1. The molecule has 0 radical (unpaired) electrons. The normalized spacial score (nSPS) is 10.8. The highest BCUT2D eigenvalue weighted by Gasteiger charge is 2.12. The monoisotopic (exact) mass is 191 g/mol. The lowest BCUT2D eigenvalue weighted by molar-refractivity contribution is 0.397. The zero-order valence-corrected chi connectivity index (χ0v) is 8.33. The quantitative estimate of drug-likeness (QED) is 0.791. The molecule has 74 valence electrons. The minimum atomic E-state index is 0.358. The fourth-order valence-electron chi connectivity index (χ4n) is 1.60. The number of fused-ring (bicyclic) bond motifs is 1. The molecule has 2 N–H and O–H groups in total. The highest BCUT2D eigenvalue weighted by molar-refractivity contribution is 5.86. The van der Waals surface area contributed by atoms with Gasteiger partial charge in [-0.3, -0.25) is 0 Å². The van der Waals surface area contributed by atoms with Crippen LogP contribution in [-0.2, 0) is 6.54 Å². The van der Waals surface area contributed by atoms with Crippen molar-refractivity contribution in [3.8, 4) is 5.75 Å². The molecule has 1 heterocycles. The Bertz CT molecular complexity index is 460. The lowest BCUT2D eigenvalue weighted by atomic mass is 10.1. The molecular weight excluding hydrogens is 178 g/mol. The third kappa shape index (κ3) is 1.26. The molecule has 0 unspecified atom stereocenters. The van der Waals surface area contributed by atoms with Crippen molar-refractivity contribution in [2.45, 2.75) is 13.5 Å². The second-order valence-corrected chi connectivity index (χ2v) is 3.26. The summed E-state index contributed by atoms with van der Waals surface area (Å²) in [5.41, 5.74) is 7.56. The van der Waals surface area contributed by atoms with Crippen molar-refractivity contribution < 1.29 is 9.15 Å². The van der Waals surface area contributed by atoms with Crippen molar-refractivity contribution in [2.75, 3.05) is 7.11 Å². The van der Waals surface area contributed by atoms with E-state index >= 15 is 0 Å². The Balaban J connectivity index is 2.74. The average molecular weight is 191 g/mol. The molecule has 0 aliphatic heterocycles. The molecule has 0 amide bonds. The van der Waals surface area contributed by atoms with Crippen LogP contribution in [-0.4, -0.2) is 7.11 Å². The van der Waals surface area contributed by atoms with Crippen molar-refractivity contribution in [3.63, 3.8) is 0 Å². The zero-order valence-electron chi connectivity index (χ0n) is 8.33. The summed E-state index contributed by atoms with van der Waals surface area (Å²) in [7, 11) is 1.63. The predicted octanol–water partition coefficient (Wildman–Crippen LogP) is 2.21. The van der Waals surface area contributed by atoms with Crippen LogP contribution < -0.4 is 10.5 Å². The molecule has 0 bridgehead atoms. The minimum absolute atomic E-state index is 0.358. The summed E-state index contributed by atoms with van der Waals surface area (Å²) in [5.74, 6) is 1.46. The Morgan fingerprint density at radius 2 is 2.21 bits per heavy atom. The summed E-state index contributed by atoms with van der Waals surface area (Å²) >= 11 is 0. The van der Waals surface area contributed by atoms with Crippen LogP contribution in [0, 0.1) is 6.92 Å². The Morgan fingerprint density at radius 3 is 2.86 bits per heavy atom. The van der Waals surface area contributed by atoms with Crippen molar-refractivity contribution >= 4 is 11.0 Å². The summed E-state index contributed by atoms with van der Waals surface area (Å²) in [6, 6.07) is 5.98. The van der Waals surface area contributed by atoms with Gasteiger partial charge < -0.3 is 14.9 Å². The molecule has 3 nitrogen and oxygen atoms in total. The highest BCUT2D eigenvalue weighted by Crippen LogP contribution is 2.33. The number of ether oxygens (including phenoxy) is 1. The molecule has 0 saturated heterocycles. The maximum Gasteiger partial charge on any atom is 0.169 e. The zero-order chi connectivity index (χ0) is 10.1. The van der Waals surface area contributed by atoms with Crippen LogP contribution in [0.25, 0.3) is 11.0 Å². The van der Waals surface area contributed by atoms with Gasteiger partial charge in [-0.15, -0.1) is 0 Å². The number of benzene rings is 1. The van der Waals surface area contributed by atoms with E-state index in [1.807, 2.05) is 25.1 Å². The summed E-state index contributed by atoms with van der Waals surface area (Å²) in [5, 5.41) is 0.993. The fourth-order valence-corrected chi connectivity index (χ4v) is 1.60. The molecule has 0 atom stereocenters. The molecule has 1 aromatic heterocycles. The number of methoxy groups -OCH3 is 1. The Morgan fingerprint density at radius 1 is 1.43 bits per heavy atom. The summed E-state index contributed by atoms with van der Waals surface area (Å²) in [4.78, 5) is 0. The van der Waals surface area contributed by atoms with Gasteiger partial charge in [0.05, 0.1) is 19.0 Å².